The second kappa shape index (κ2) is 11.7. The van der Waals surface area contributed by atoms with Gasteiger partial charge in [-0.15, -0.1) is 37.2 Å². The van der Waals surface area contributed by atoms with Crippen LogP contribution in [0.25, 0.3) is 0 Å². The van der Waals surface area contributed by atoms with Crippen LogP contribution >= 0.6 is 37.2 Å². The fourth-order valence-corrected chi connectivity index (χ4v) is 6.17. The summed E-state index contributed by atoms with van der Waals surface area (Å²) >= 11 is 0. The van der Waals surface area contributed by atoms with Crippen LogP contribution in [-0.4, -0.2) is 35.6 Å². The van der Waals surface area contributed by atoms with E-state index in [1.165, 1.54) is 47.6 Å². The number of hydrogen-bond acceptors (Lipinski definition) is 5. The highest BCUT2D eigenvalue weighted by Gasteiger charge is 2.46. The monoisotopic (exact) mass is 527 g/mol. The number of nitrogens with one attached hydrogen (secondary N) is 2. The van der Waals surface area contributed by atoms with Gasteiger partial charge in [0.05, 0.1) is 0 Å². The van der Waals surface area contributed by atoms with Crippen molar-refractivity contribution < 1.29 is 0 Å². The summed E-state index contributed by atoms with van der Waals surface area (Å²) < 4.78 is 0. The second-order valence-electron chi connectivity index (χ2n) is 10.4. The summed E-state index contributed by atoms with van der Waals surface area (Å²) in [6.07, 6.45) is 6.47. The predicted octanol–water partition coefficient (Wildman–Crippen LogP) is 5.70. The largest absolute Gasteiger partial charge is 0.325 e. The van der Waals surface area contributed by atoms with Crippen LogP contribution in [0.2, 0.25) is 0 Å². The zero-order valence-electron chi connectivity index (χ0n) is 20.8. The Morgan fingerprint density at radius 1 is 1.09 bits per heavy atom. The van der Waals surface area contributed by atoms with Gasteiger partial charge in [-0.25, -0.2) is 9.97 Å². The van der Waals surface area contributed by atoms with Gasteiger partial charge in [0.2, 0.25) is 0 Å². The molecule has 0 unspecified atom stereocenters. The number of nitrogens with zero attached hydrogens (tertiary/aromatic N) is 3. The summed E-state index contributed by atoms with van der Waals surface area (Å²) in [6, 6.07) is 7.39. The maximum atomic E-state index is 4.93. The third kappa shape index (κ3) is 5.05. The van der Waals surface area contributed by atoms with E-state index in [1.54, 1.807) is 11.9 Å². The van der Waals surface area contributed by atoms with Crippen molar-refractivity contribution in [2.45, 2.75) is 77.3 Å². The van der Waals surface area contributed by atoms with Crippen LogP contribution < -0.4 is 15.5 Å². The fourth-order valence-electron chi connectivity index (χ4n) is 6.17. The van der Waals surface area contributed by atoms with E-state index in [9.17, 15) is 0 Å². The van der Waals surface area contributed by atoms with Gasteiger partial charge in [0.15, 0.2) is 0 Å². The molecule has 0 saturated carbocycles. The molecule has 1 aliphatic carbocycles. The van der Waals surface area contributed by atoms with Crippen molar-refractivity contribution in [3.63, 3.8) is 0 Å². The van der Waals surface area contributed by atoms with E-state index in [0.717, 1.165) is 32.6 Å². The number of rotatable bonds is 5. The standard InChI is InChI=1S/C26H37N5.3ClH/c1-17(2)20-8-9-21-23(20)25(30-16-29-21)31-15-26(10-12-27-13-11-26)24-19(14-28-18(3)4)6-5-7-22(24)31;;;/h5-7,16-18,20,27-28H,8-15H2,1-4H3;3*1H/t20-;;;/m0.../s1. The summed E-state index contributed by atoms with van der Waals surface area (Å²) in [7, 11) is 0. The number of halogens is 3. The zero-order valence-corrected chi connectivity index (χ0v) is 23.2. The molecule has 2 aliphatic heterocycles. The molecule has 3 heterocycles. The maximum absolute atomic E-state index is 4.93. The van der Waals surface area contributed by atoms with Crippen LogP contribution in [0.4, 0.5) is 11.5 Å². The molecule has 1 aromatic heterocycles. The molecule has 1 spiro atoms. The van der Waals surface area contributed by atoms with E-state index in [-0.39, 0.29) is 42.6 Å². The van der Waals surface area contributed by atoms with Crippen LogP contribution in [-0.2, 0) is 18.4 Å². The highest BCUT2D eigenvalue weighted by atomic mass is 35.5. The Kier molecular flexibility index (Phi) is 10.1. The zero-order chi connectivity index (χ0) is 21.6. The first-order valence-electron chi connectivity index (χ1n) is 12.2. The van der Waals surface area contributed by atoms with Crippen LogP contribution in [0.15, 0.2) is 24.5 Å². The van der Waals surface area contributed by atoms with Gasteiger partial charge < -0.3 is 15.5 Å². The van der Waals surface area contributed by atoms with E-state index < -0.39 is 0 Å². The highest BCUT2D eigenvalue weighted by Crippen LogP contribution is 2.52. The Hall–Kier alpha value is -1.11. The lowest BCUT2D eigenvalue weighted by Gasteiger charge is -2.36. The van der Waals surface area contributed by atoms with E-state index in [0.29, 0.717) is 17.9 Å². The van der Waals surface area contributed by atoms with Gasteiger partial charge in [-0.2, -0.15) is 0 Å². The number of fused-ring (bicyclic) bond motifs is 3. The van der Waals surface area contributed by atoms with Gasteiger partial charge in [0, 0.05) is 41.5 Å². The quantitative estimate of drug-likeness (QED) is 0.521. The molecule has 0 radical (unpaired) electrons. The Morgan fingerprint density at radius 2 is 1.82 bits per heavy atom. The summed E-state index contributed by atoms with van der Waals surface area (Å²) in [5, 5.41) is 7.27. The molecule has 8 heteroatoms. The number of benzene rings is 1. The lowest BCUT2D eigenvalue weighted by atomic mass is 9.73. The van der Waals surface area contributed by atoms with Gasteiger partial charge in [-0.3, -0.25) is 0 Å². The molecule has 3 aliphatic rings. The molecule has 190 valence electrons. The number of hydrogen-bond donors (Lipinski definition) is 2. The molecule has 1 saturated heterocycles. The predicted molar refractivity (Wildman–Crippen MR) is 149 cm³/mol. The second-order valence-corrected chi connectivity index (χ2v) is 10.4. The van der Waals surface area contributed by atoms with Crippen molar-refractivity contribution in [2.75, 3.05) is 24.5 Å². The number of piperidine rings is 1. The Bertz CT molecular complexity index is 959. The average molecular weight is 529 g/mol. The number of anilines is 2. The first kappa shape index (κ1) is 29.1. The minimum absolute atomic E-state index is 0. The summed E-state index contributed by atoms with van der Waals surface area (Å²) in [5.41, 5.74) is 7.30. The van der Waals surface area contributed by atoms with Crippen LogP contribution in [0.3, 0.4) is 0 Å². The van der Waals surface area contributed by atoms with Gasteiger partial charge >= 0.3 is 0 Å². The molecule has 0 amide bonds. The average Bonchev–Trinajstić information content (AvgIpc) is 3.33. The van der Waals surface area contributed by atoms with Crippen molar-refractivity contribution in [3.05, 3.63) is 46.9 Å². The molecule has 5 nitrogen and oxygen atoms in total. The molecule has 0 bridgehead atoms. The molecule has 1 aromatic carbocycles. The molecule has 5 rings (SSSR count). The summed E-state index contributed by atoms with van der Waals surface area (Å²) in [4.78, 5) is 12.2. The Balaban J connectivity index is 0.00000136. The lowest BCUT2D eigenvalue weighted by molar-refractivity contribution is 0.326. The van der Waals surface area contributed by atoms with Crippen molar-refractivity contribution in [1.82, 2.24) is 20.6 Å². The third-order valence-electron chi connectivity index (χ3n) is 7.74. The smallest absolute Gasteiger partial charge is 0.140 e. The molecular weight excluding hydrogens is 489 g/mol. The summed E-state index contributed by atoms with van der Waals surface area (Å²) in [5.74, 6) is 2.35. The van der Waals surface area contributed by atoms with E-state index >= 15 is 0 Å². The van der Waals surface area contributed by atoms with E-state index in [4.69, 9.17) is 9.97 Å². The summed E-state index contributed by atoms with van der Waals surface area (Å²) in [6.45, 7) is 13.3. The minimum atomic E-state index is 0. The van der Waals surface area contributed by atoms with E-state index in [2.05, 4.69) is 61.4 Å². The van der Waals surface area contributed by atoms with Crippen LogP contribution in [0, 0.1) is 5.92 Å². The number of aryl methyl sites for hydroxylation is 1. The Morgan fingerprint density at radius 3 is 2.50 bits per heavy atom. The van der Waals surface area contributed by atoms with E-state index in [1.807, 2.05) is 0 Å². The van der Waals surface area contributed by atoms with Gasteiger partial charge in [0.1, 0.15) is 12.1 Å². The first-order valence-corrected chi connectivity index (χ1v) is 12.2. The van der Waals surface area contributed by atoms with Crippen LogP contribution in [0.1, 0.15) is 75.3 Å². The van der Waals surface area contributed by atoms with Gasteiger partial charge in [0.25, 0.3) is 0 Å². The van der Waals surface area contributed by atoms with Crippen molar-refractivity contribution in [3.8, 4) is 0 Å². The van der Waals surface area contributed by atoms with Crippen molar-refractivity contribution in [2.24, 2.45) is 5.92 Å². The maximum Gasteiger partial charge on any atom is 0.140 e. The third-order valence-corrected chi connectivity index (χ3v) is 7.74. The Labute approximate surface area is 223 Å². The van der Waals surface area contributed by atoms with Gasteiger partial charge in [-0.1, -0.05) is 39.8 Å². The molecule has 1 atom stereocenters. The lowest BCUT2D eigenvalue weighted by Crippen LogP contribution is -2.43. The topological polar surface area (TPSA) is 53.1 Å². The molecule has 2 aromatic rings. The molecule has 1 fully saturated rings. The minimum Gasteiger partial charge on any atom is -0.325 e. The highest BCUT2D eigenvalue weighted by molar-refractivity contribution is 5.86. The molecule has 34 heavy (non-hydrogen) atoms. The van der Waals surface area contributed by atoms with Gasteiger partial charge in [-0.05, 0) is 67.8 Å². The number of aromatic nitrogens is 2. The SMILES string of the molecule is CC(C)NCc1cccc2c1C1(CCNCC1)CN2c1ncnc2c1[C@H](C(C)C)CC2.Cl.Cl.Cl. The molecular formula is C26H40Cl3N5. The normalized spacial score (nSPS) is 19.9. The van der Waals surface area contributed by atoms with Crippen molar-refractivity contribution >= 4 is 48.7 Å². The first-order chi connectivity index (χ1) is 15.0. The fraction of sp³-hybridized carbons (Fsp3) is 0.615. The van der Waals surface area contributed by atoms with Crippen molar-refractivity contribution in [1.29, 1.82) is 0 Å². The molecule has 2 N–H and O–H groups in total. The van der Waals surface area contributed by atoms with Crippen LogP contribution in [0.5, 0.6) is 0 Å².